The van der Waals surface area contributed by atoms with Gasteiger partial charge in [0.15, 0.2) is 5.60 Å². The number of hydrogen-bond acceptors (Lipinski definition) is 5. The van der Waals surface area contributed by atoms with Crippen molar-refractivity contribution in [1.29, 1.82) is 0 Å². The molecule has 28 heavy (non-hydrogen) atoms. The number of aliphatic hydroxyl groups is 1. The third-order valence-electron chi connectivity index (χ3n) is 5.09. The number of rotatable bonds is 4. The Labute approximate surface area is 164 Å². The van der Waals surface area contributed by atoms with Crippen LogP contribution in [0.1, 0.15) is 11.1 Å². The summed E-state index contributed by atoms with van der Waals surface area (Å²) in [5.41, 5.74) is -0.575. The van der Waals surface area contributed by atoms with Crippen LogP contribution < -0.4 is 4.90 Å². The molecule has 0 saturated carbocycles. The Morgan fingerprint density at radius 1 is 0.786 bits per heavy atom. The largest absolute Gasteiger partial charge is 0.372 e. The molecular weight excluding hydrogens is 352 g/mol. The molecule has 6 nitrogen and oxygen atoms in total. The van der Waals surface area contributed by atoms with Gasteiger partial charge >= 0.3 is 0 Å². The van der Waals surface area contributed by atoms with E-state index in [0.29, 0.717) is 43.3 Å². The summed E-state index contributed by atoms with van der Waals surface area (Å²) in [6, 6.07) is 20.0. The van der Waals surface area contributed by atoms with Crippen LogP contribution in [0.4, 0.5) is 5.95 Å². The summed E-state index contributed by atoms with van der Waals surface area (Å²) >= 11 is 0. The van der Waals surface area contributed by atoms with Crippen LogP contribution in [0, 0.1) is 0 Å². The topological polar surface area (TPSA) is 69.6 Å². The minimum atomic E-state index is -1.71. The van der Waals surface area contributed by atoms with E-state index in [1.54, 1.807) is 47.6 Å². The number of aromatic nitrogens is 2. The van der Waals surface area contributed by atoms with Gasteiger partial charge in [0.1, 0.15) is 0 Å². The molecule has 1 fully saturated rings. The predicted octanol–water partition coefficient (Wildman–Crippen LogP) is 2.06. The maximum atomic E-state index is 13.5. The van der Waals surface area contributed by atoms with Crippen LogP contribution in [0.25, 0.3) is 0 Å². The molecule has 1 amide bonds. The molecule has 1 aliphatic heterocycles. The van der Waals surface area contributed by atoms with Gasteiger partial charge in [-0.1, -0.05) is 60.7 Å². The van der Waals surface area contributed by atoms with Gasteiger partial charge < -0.3 is 14.9 Å². The standard InChI is InChI=1S/C22H22N4O2/c27-20(25-14-16-26(17-15-25)21-23-12-7-13-24-21)22(28,18-8-3-1-4-9-18)19-10-5-2-6-11-19/h1-13,28H,14-17H2. The normalized spacial score (nSPS) is 14.8. The summed E-state index contributed by atoms with van der Waals surface area (Å²) in [5, 5.41) is 11.6. The zero-order valence-electron chi connectivity index (χ0n) is 15.5. The van der Waals surface area contributed by atoms with Gasteiger partial charge in [-0.25, -0.2) is 9.97 Å². The van der Waals surface area contributed by atoms with Crippen molar-refractivity contribution < 1.29 is 9.90 Å². The SMILES string of the molecule is O=C(N1CCN(c2ncccn2)CC1)C(O)(c1ccccc1)c1ccccc1. The van der Waals surface area contributed by atoms with Crippen LogP contribution in [0.5, 0.6) is 0 Å². The Morgan fingerprint density at radius 3 is 1.79 bits per heavy atom. The summed E-state index contributed by atoms with van der Waals surface area (Å²) in [7, 11) is 0. The second kappa shape index (κ2) is 7.78. The first kappa shape index (κ1) is 18.1. The summed E-state index contributed by atoms with van der Waals surface area (Å²) in [5.74, 6) is 0.356. The molecule has 0 radical (unpaired) electrons. The number of nitrogens with zero attached hydrogens (tertiary/aromatic N) is 4. The second-order valence-electron chi connectivity index (χ2n) is 6.77. The van der Waals surface area contributed by atoms with Gasteiger partial charge in [0.25, 0.3) is 5.91 Å². The number of amides is 1. The number of anilines is 1. The third kappa shape index (κ3) is 3.34. The van der Waals surface area contributed by atoms with E-state index >= 15 is 0 Å². The first-order chi connectivity index (χ1) is 13.7. The highest BCUT2D eigenvalue weighted by atomic mass is 16.3. The average Bonchev–Trinajstić information content (AvgIpc) is 2.80. The van der Waals surface area contributed by atoms with E-state index in [1.807, 2.05) is 41.3 Å². The lowest BCUT2D eigenvalue weighted by Crippen LogP contribution is -2.55. The van der Waals surface area contributed by atoms with E-state index in [2.05, 4.69) is 9.97 Å². The van der Waals surface area contributed by atoms with E-state index in [4.69, 9.17) is 0 Å². The monoisotopic (exact) mass is 374 g/mol. The van der Waals surface area contributed by atoms with E-state index in [1.165, 1.54) is 0 Å². The van der Waals surface area contributed by atoms with Gasteiger partial charge in [-0.2, -0.15) is 0 Å². The molecule has 0 atom stereocenters. The molecule has 0 aliphatic carbocycles. The second-order valence-corrected chi connectivity index (χ2v) is 6.77. The highest BCUT2D eigenvalue weighted by molar-refractivity contribution is 5.90. The maximum Gasteiger partial charge on any atom is 0.264 e. The lowest BCUT2D eigenvalue weighted by atomic mass is 9.85. The summed E-state index contributed by atoms with van der Waals surface area (Å²) < 4.78 is 0. The highest BCUT2D eigenvalue weighted by Gasteiger charge is 2.43. The number of piperazine rings is 1. The van der Waals surface area contributed by atoms with Crippen molar-refractivity contribution in [3.05, 3.63) is 90.3 Å². The molecule has 1 saturated heterocycles. The molecule has 1 aromatic heterocycles. The molecule has 142 valence electrons. The van der Waals surface area contributed by atoms with E-state index in [0.717, 1.165) is 0 Å². The van der Waals surface area contributed by atoms with Crippen LogP contribution in [0.3, 0.4) is 0 Å². The zero-order valence-corrected chi connectivity index (χ0v) is 15.5. The molecule has 0 bridgehead atoms. The van der Waals surface area contributed by atoms with Crippen molar-refractivity contribution in [3.63, 3.8) is 0 Å². The average molecular weight is 374 g/mol. The molecule has 2 heterocycles. The predicted molar refractivity (Wildman–Crippen MR) is 107 cm³/mol. The molecule has 0 spiro atoms. The molecule has 4 rings (SSSR count). The molecule has 1 N–H and O–H groups in total. The number of benzene rings is 2. The lowest BCUT2D eigenvalue weighted by Gasteiger charge is -2.39. The van der Waals surface area contributed by atoms with E-state index < -0.39 is 5.60 Å². The van der Waals surface area contributed by atoms with Gasteiger partial charge in [0.05, 0.1) is 0 Å². The highest BCUT2D eigenvalue weighted by Crippen LogP contribution is 2.32. The molecule has 1 aliphatic rings. The number of carbonyl (C=O) groups is 1. The van der Waals surface area contributed by atoms with Crippen LogP contribution in [-0.4, -0.2) is 52.1 Å². The third-order valence-corrected chi connectivity index (χ3v) is 5.09. The zero-order chi connectivity index (χ0) is 19.4. The quantitative estimate of drug-likeness (QED) is 0.757. The Bertz CT molecular complexity index is 872. The van der Waals surface area contributed by atoms with Gasteiger partial charge in [0.2, 0.25) is 5.95 Å². The number of carbonyl (C=O) groups excluding carboxylic acids is 1. The van der Waals surface area contributed by atoms with Crippen LogP contribution >= 0.6 is 0 Å². The molecule has 0 unspecified atom stereocenters. The lowest BCUT2D eigenvalue weighted by molar-refractivity contribution is -0.148. The van der Waals surface area contributed by atoms with E-state index in [-0.39, 0.29) is 5.91 Å². The molecule has 3 aromatic rings. The van der Waals surface area contributed by atoms with Crippen molar-refractivity contribution in [1.82, 2.24) is 14.9 Å². The Balaban J connectivity index is 1.59. The van der Waals surface area contributed by atoms with Crippen molar-refractivity contribution >= 4 is 11.9 Å². The minimum absolute atomic E-state index is 0.307. The minimum Gasteiger partial charge on any atom is -0.372 e. The fourth-order valence-corrected chi connectivity index (χ4v) is 3.57. The summed E-state index contributed by atoms with van der Waals surface area (Å²) in [6.45, 7) is 2.24. The van der Waals surface area contributed by atoms with Crippen LogP contribution in [0.15, 0.2) is 79.1 Å². The molecule has 2 aromatic carbocycles. The fraction of sp³-hybridized carbons (Fsp3) is 0.227. The molecular formula is C22H22N4O2. The van der Waals surface area contributed by atoms with Gasteiger partial charge in [-0.3, -0.25) is 4.79 Å². The Hall–Kier alpha value is -3.25. The van der Waals surface area contributed by atoms with Crippen molar-refractivity contribution in [2.75, 3.05) is 31.1 Å². The first-order valence-corrected chi connectivity index (χ1v) is 9.34. The van der Waals surface area contributed by atoms with E-state index in [9.17, 15) is 9.90 Å². The van der Waals surface area contributed by atoms with Crippen molar-refractivity contribution in [2.24, 2.45) is 0 Å². The van der Waals surface area contributed by atoms with Crippen LogP contribution in [-0.2, 0) is 10.4 Å². The maximum absolute atomic E-state index is 13.5. The number of hydrogen-bond donors (Lipinski definition) is 1. The van der Waals surface area contributed by atoms with Gasteiger partial charge in [-0.05, 0) is 17.2 Å². The van der Waals surface area contributed by atoms with Crippen molar-refractivity contribution in [2.45, 2.75) is 5.60 Å². The first-order valence-electron chi connectivity index (χ1n) is 9.34. The Kier molecular flexibility index (Phi) is 5.04. The molecule has 6 heteroatoms. The van der Waals surface area contributed by atoms with Crippen molar-refractivity contribution in [3.8, 4) is 0 Å². The van der Waals surface area contributed by atoms with Gasteiger partial charge in [-0.15, -0.1) is 0 Å². The van der Waals surface area contributed by atoms with Crippen LogP contribution in [0.2, 0.25) is 0 Å². The summed E-state index contributed by atoms with van der Waals surface area (Å²) in [6.07, 6.45) is 3.42. The fourth-order valence-electron chi connectivity index (χ4n) is 3.57. The van der Waals surface area contributed by atoms with Gasteiger partial charge in [0, 0.05) is 38.6 Å². The summed E-state index contributed by atoms with van der Waals surface area (Å²) in [4.78, 5) is 25.8. The Morgan fingerprint density at radius 2 is 1.29 bits per heavy atom. The smallest absolute Gasteiger partial charge is 0.264 e.